The molecule has 0 amide bonds. The first kappa shape index (κ1) is 9.02. The molecule has 1 aliphatic rings. The molecule has 4 nitrogen and oxygen atoms in total. The second-order valence-electron chi connectivity index (χ2n) is 3.40. The molecule has 74 valence electrons. The molecule has 2 heterocycles. The summed E-state index contributed by atoms with van der Waals surface area (Å²) in [6.45, 7) is 1.08. The number of hydrogen-bond donors (Lipinski definition) is 2. The van der Waals surface area contributed by atoms with Gasteiger partial charge in [0.05, 0.1) is 18.6 Å². The van der Waals surface area contributed by atoms with Gasteiger partial charge in [0.1, 0.15) is 0 Å². The topological polar surface area (TPSA) is 62.3 Å². The summed E-state index contributed by atoms with van der Waals surface area (Å²) < 4.78 is 5.13. The minimum absolute atomic E-state index is 0.262. The number of carboxylic acids is 1. The first-order valence-corrected chi connectivity index (χ1v) is 4.37. The van der Waals surface area contributed by atoms with Crippen LogP contribution in [0.1, 0.15) is 5.69 Å². The van der Waals surface area contributed by atoms with Gasteiger partial charge in [-0.15, -0.1) is 0 Å². The van der Waals surface area contributed by atoms with Crippen molar-refractivity contribution in [2.45, 2.75) is 5.41 Å². The second-order valence-corrected chi connectivity index (χ2v) is 3.40. The maximum atomic E-state index is 10.4. The summed E-state index contributed by atoms with van der Waals surface area (Å²) in [5.41, 5.74) is 0.739. The summed E-state index contributed by atoms with van der Waals surface area (Å²) >= 11 is 0. The van der Waals surface area contributed by atoms with Gasteiger partial charge < -0.3 is 14.8 Å². The Kier molecular flexibility index (Phi) is 2.13. The molecule has 0 atom stereocenters. The maximum Gasteiger partial charge on any atom is 0.328 e. The van der Waals surface area contributed by atoms with Crippen LogP contribution in [0.15, 0.2) is 30.5 Å². The minimum Gasteiger partial charge on any atom is -0.478 e. The molecular weight excluding hydrogens is 182 g/mol. The third-order valence-electron chi connectivity index (χ3n) is 2.40. The van der Waals surface area contributed by atoms with E-state index in [-0.39, 0.29) is 5.41 Å². The maximum absolute atomic E-state index is 10.4. The predicted molar refractivity (Wildman–Crippen MR) is 50.1 cm³/mol. The highest BCUT2D eigenvalue weighted by Gasteiger charge is 2.38. The Morgan fingerprint density at radius 3 is 2.86 bits per heavy atom. The van der Waals surface area contributed by atoms with Crippen LogP contribution in [0.2, 0.25) is 0 Å². The van der Waals surface area contributed by atoms with Crippen LogP contribution in [0.4, 0.5) is 0 Å². The van der Waals surface area contributed by atoms with Crippen molar-refractivity contribution in [3.8, 4) is 0 Å². The molecule has 4 heteroatoms. The van der Waals surface area contributed by atoms with Crippen LogP contribution in [0.3, 0.4) is 0 Å². The van der Waals surface area contributed by atoms with E-state index in [9.17, 15) is 4.79 Å². The molecule has 0 aliphatic carbocycles. The van der Waals surface area contributed by atoms with Gasteiger partial charge in [0.2, 0.25) is 0 Å². The molecule has 1 aliphatic heterocycles. The van der Waals surface area contributed by atoms with E-state index in [1.54, 1.807) is 6.08 Å². The van der Waals surface area contributed by atoms with Crippen LogP contribution in [0.25, 0.3) is 0 Å². The zero-order valence-corrected chi connectivity index (χ0v) is 7.56. The van der Waals surface area contributed by atoms with Gasteiger partial charge in [0.15, 0.2) is 0 Å². The van der Waals surface area contributed by atoms with Crippen LogP contribution >= 0.6 is 0 Å². The lowest BCUT2D eigenvalue weighted by Gasteiger charge is -2.38. The molecule has 0 spiro atoms. The van der Waals surface area contributed by atoms with E-state index in [2.05, 4.69) is 4.98 Å². The van der Waals surface area contributed by atoms with Crippen molar-refractivity contribution in [1.82, 2.24) is 4.98 Å². The van der Waals surface area contributed by atoms with Gasteiger partial charge in [0, 0.05) is 18.0 Å². The smallest absolute Gasteiger partial charge is 0.328 e. The van der Waals surface area contributed by atoms with Gasteiger partial charge in [-0.1, -0.05) is 6.08 Å². The number of rotatable bonds is 3. The molecule has 2 rings (SSSR count). The number of hydrogen-bond acceptors (Lipinski definition) is 2. The highest BCUT2D eigenvalue weighted by atomic mass is 16.5. The average Bonchev–Trinajstić information content (AvgIpc) is 2.55. The molecular formula is C10H11NO3. The first-order chi connectivity index (χ1) is 6.73. The van der Waals surface area contributed by atoms with Crippen LogP contribution < -0.4 is 0 Å². The number of aromatic nitrogens is 1. The van der Waals surface area contributed by atoms with E-state index in [0.717, 1.165) is 5.69 Å². The van der Waals surface area contributed by atoms with Gasteiger partial charge in [-0.2, -0.15) is 0 Å². The molecule has 2 N–H and O–H groups in total. The Labute approximate surface area is 81.2 Å². The zero-order valence-electron chi connectivity index (χ0n) is 7.56. The van der Waals surface area contributed by atoms with E-state index in [0.29, 0.717) is 13.2 Å². The van der Waals surface area contributed by atoms with Crippen molar-refractivity contribution in [2.24, 2.45) is 0 Å². The number of aromatic amines is 1. The van der Waals surface area contributed by atoms with Gasteiger partial charge >= 0.3 is 5.97 Å². The van der Waals surface area contributed by atoms with Crippen molar-refractivity contribution in [2.75, 3.05) is 13.2 Å². The zero-order chi connectivity index (χ0) is 10.0. The summed E-state index contributed by atoms with van der Waals surface area (Å²) in [6.07, 6.45) is 4.68. The highest BCUT2D eigenvalue weighted by Crippen LogP contribution is 2.32. The second kappa shape index (κ2) is 3.31. The largest absolute Gasteiger partial charge is 0.478 e. The minimum atomic E-state index is -0.928. The predicted octanol–water partition coefficient (Wildman–Crippen LogP) is 0.923. The van der Waals surface area contributed by atoms with E-state index >= 15 is 0 Å². The van der Waals surface area contributed by atoms with Crippen molar-refractivity contribution < 1.29 is 14.6 Å². The molecule has 1 fully saturated rings. The standard InChI is InChI=1S/C10H11NO3/c12-9(13)3-4-10(6-14-7-10)8-2-1-5-11-8/h1-5,11H,6-7H2,(H,12,13)/b4-3+. The lowest BCUT2D eigenvalue weighted by molar-refractivity contribution is -0.131. The Bertz CT molecular complexity index is 349. The Morgan fingerprint density at radius 1 is 1.64 bits per heavy atom. The van der Waals surface area contributed by atoms with Crippen molar-refractivity contribution in [1.29, 1.82) is 0 Å². The van der Waals surface area contributed by atoms with Crippen LogP contribution in [-0.2, 0) is 14.9 Å². The fraction of sp³-hybridized carbons (Fsp3) is 0.300. The molecule has 0 bridgehead atoms. The van der Waals surface area contributed by atoms with Crippen LogP contribution in [-0.4, -0.2) is 29.3 Å². The third kappa shape index (κ3) is 1.44. The number of aliphatic carboxylic acids is 1. The normalized spacial score (nSPS) is 19.4. The SMILES string of the molecule is O=C(O)/C=C/C1(c2ccc[nH]2)COC1. The number of H-pyrrole nitrogens is 1. The monoisotopic (exact) mass is 193 g/mol. The van der Waals surface area contributed by atoms with Gasteiger partial charge in [-0.25, -0.2) is 4.79 Å². The van der Waals surface area contributed by atoms with Crippen molar-refractivity contribution in [3.05, 3.63) is 36.2 Å². The lowest BCUT2D eigenvalue weighted by Crippen LogP contribution is -2.45. The lowest BCUT2D eigenvalue weighted by atomic mass is 9.82. The number of carbonyl (C=O) groups is 1. The van der Waals surface area contributed by atoms with Gasteiger partial charge in [-0.3, -0.25) is 0 Å². The summed E-state index contributed by atoms with van der Waals surface area (Å²) in [4.78, 5) is 13.5. The fourth-order valence-electron chi connectivity index (χ4n) is 1.53. The van der Waals surface area contributed by atoms with Crippen molar-refractivity contribution >= 4 is 5.97 Å². The fourth-order valence-corrected chi connectivity index (χ4v) is 1.53. The highest BCUT2D eigenvalue weighted by molar-refractivity contribution is 5.80. The van der Waals surface area contributed by atoms with E-state index < -0.39 is 5.97 Å². The van der Waals surface area contributed by atoms with Crippen molar-refractivity contribution in [3.63, 3.8) is 0 Å². The number of nitrogens with one attached hydrogen (secondary N) is 1. The third-order valence-corrected chi connectivity index (χ3v) is 2.40. The van der Waals surface area contributed by atoms with Crippen LogP contribution in [0, 0.1) is 0 Å². The summed E-state index contributed by atoms with van der Waals surface area (Å²) in [5.74, 6) is -0.928. The first-order valence-electron chi connectivity index (χ1n) is 4.37. The van der Waals surface area contributed by atoms with E-state index in [1.807, 2.05) is 18.3 Å². The summed E-state index contributed by atoms with van der Waals surface area (Å²) in [5, 5.41) is 8.56. The molecule has 1 aromatic rings. The molecule has 0 saturated carbocycles. The Morgan fingerprint density at radius 2 is 2.43 bits per heavy atom. The molecule has 0 unspecified atom stereocenters. The summed E-state index contributed by atoms with van der Waals surface area (Å²) in [6, 6.07) is 3.83. The van der Waals surface area contributed by atoms with E-state index in [4.69, 9.17) is 9.84 Å². The molecule has 14 heavy (non-hydrogen) atoms. The Balaban J connectivity index is 2.22. The Hall–Kier alpha value is -1.55. The molecule has 0 radical (unpaired) electrons. The quantitative estimate of drug-likeness (QED) is 0.702. The van der Waals surface area contributed by atoms with Gasteiger partial charge in [0.25, 0.3) is 0 Å². The van der Waals surface area contributed by atoms with Crippen LogP contribution in [0.5, 0.6) is 0 Å². The molecule has 0 aromatic carbocycles. The van der Waals surface area contributed by atoms with E-state index in [1.165, 1.54) is 6.08 Å². The van der Waals surface area contributed by atoms with Gasteiger partial charge in [-0.05, 0) is 12.1 Å². The molecule has 1 saturated heterocycles. The average molecular weight is 193 g/mol. The molecule has 1 aromatic heterocycles. The number of ether oxygens (including phenoxy) is 1. The number of carboxylic acid groups (broad SMARTS) is 1. The summed E-state index contributed by atoms with van der Waals surface area (Å²) in [7, 11) is 0.